The lowest BCUT2D eigenvalue weighted by Crippen LogP contribution is -2.09. The van der Waals surface area contributed by atoms with Gasteiger partial charge in [-0.15, -0.1) is 0 Å². The Morgan fingerprint density at radius 2 is 2.00 bits per heavy atom. The van der Waals surface area contributed by atoms with Gasteiger partial charge >= 0.3 is 0 Å². The van der Waals surface area contributed by atoms with Crippen LogP contribution >= 0.6 is 0 Å². The lowest BCUT2D eigenvalue weighted by Gasteiger charge is -2.00. The Hall–Kier alpha value is -0.860. The van der Waals surface area contributed by atoms with Gasteiger partial charge in [0.1, 0.15) is 5.84 Å². The fourth-order valence-electron chi connectivity index (χ4n) is 0.701. The molecule has 0 fully saturated rings. The molecule has 0 aromatic rings. The number of aliphatic imine (C=N–C) groups is 2. The molecule has 0 rings (SSSR count). The maximum absolute atomic E-state index is 5.41. The van der Waals surface area contributed by atoms with Crippen molar-refractivity contribution < 1.29 is 0 Å². The van der Waals surface area contributed by atoms with Crippen LogP contribution in [0.2, 0.25) is 0 Å². The topological polar surface area (TPSA) is 50.7 Å². The molecule has 0 saturated heterocycles. The van der Waals surface area contributed by atoms with Gasteiger partial charge in [-0.05, 0) is 20.8 Å². The zero-order valence-corrected chi connectivity index (χ0v) is 7.76. The first-order valence-corrected chi connectivity index (χ1v) is 3.93. The maximum Gasteiger partial charge on any atom is 0.125 e. The first kappa shape index (κ1) is 10.1. The summed E-state index contributed by atoms with van der Waals surface area (Å²) in [5.74, 6) is 1.41. The number of nitrogens with two attached hydrogens (primary N) is 1. The summed E-state index contributed by atoms with van der Waals surface area (Å²) in [5, 5.41) is 0. The molecule has 2 N–H and O–H groups in total. The van der Waals surface area contributed by atoms with E-state index in [2.05, 4.69) is 9.98 Å². The van der Waals surface area contributed by atoms with E-state index in [-0.39, 0.29) is 0 Å². The average Bonchev–Trinajstić information content (AvgIpc) is 1.84. The quantitative estimate of drug-likeness (QED) is 0.477. The molecule has 11 heavy (non-hydrogen) atoms. The Labute approximate surface area is 68.4 Å². The molecular formula is C8H17N3. The second kappa shape index (κ2) is 4.88. The maximum atomic E-state index is 5.41. The van der Waals surface area contributed by atoms with Crippen molar-refractivity contribution in [3.63, 3.8) is 0 Å². The molecule has 3 heteroatoms. The smallest absolute Gasteiger partial charge is 0.125 e. The molecule has 0 atom stereocenters. The van der Waals surface area contributed by atoms with Crippen LogP contribution in [0, 0.1) is 0 Å². The number of hydrogen-bond acceptors (Lipinski definition) is 1. The molecule has 0 unspecified atom stereocenters. The number of rotatable bonds is 2. The highest BCUT2D eigenvalue weighted by atomic mass is 15.0. The van der Waals surface area contributed by atoms with Gasteiger partial charge in [0.15, 0.2) is 0 Å². The van der Waals surface area contributed by atoms with Crippen molar-refractivity contribution in [3.05, 3.63) is 0 Å². The van der Waals surface area contributed by atoms with Crippen molar-refractivity contribution in [2.75, 3.05) is 0 Å². The molecule has 0 aromatic heterocycles. The van der Waals surface area contributed by atoms with Crippen LogP contribution in [-0.4, -0.2) is 17.7 Å². The van der Waals surface area contributed by atoms with Crippen LogP contribution in [0.3, 0.4) is 0 Å². The van der Waals surface area contributed by atoms with E-state index < -0.39 is 0 Å². The molecule has 0 bridgehead atoms. The van der Waals surface area contributed by atoms with Gasteiger partial charge in [-0.1, -0.05) is 6.92 Å². The summed E-state index contributed by atoms with van der Waals surface area (Å²) in [6.07, 6.45) is 0.840. The van der Waals surface area contributed by atoms with Crippen LogP contribution in [0.25, 0.3) is 0 Å². The third-order valence-electron chi connectivity index (χ3n) is 1.03. The van der Waals surface area contributed by atoms with E-state index in [9.17, 15) is 0 Å². The van der Waals surface area contributed by atoms with E-state index in [4.69, 9.17) is 5.73 Å². The third-order valence-corrected chi connectivity index (χ3v) is 1.03. The second-order valence-corrected chi connectivity index (χ2v) is 2.75. The summed E-state index contributed by atoms with van der Waals surface area (Å²) in [5.41, 5.74) is 5.41. The van der Waals surface area contributed by atoms with Gasteiger partial charge in [-0.2, -0.15) is 0 Å². The van der Waals surface area contributed by atoms with E-state index >= 15 is 0 Å². The van der Waals surface area contributed by atoms with Gasteiger partial charge in [0.05, 0.1) is 5.84 Å². The van der Waals surface area contributed by atoms with E-state index in [0.29, 0.717) is 11.9 Å². The summed E-state index contributed by atoms with van der Waals surface area (Å²) in [7, 11) is 0. The van der Waals surface area contributed by atoms with Gasteiger partial charge < -0.3 is 5.73 Å². The standard InChI is InChI=1S/C8H17N3/c1-5-8(10-6(2)3)11-7(4)9/h6H,5H2,1-4H3,(H2,9,10,11). The lowest BCUT2D eigenvalue weighted by molar-refractivity contribution is 0.828. The van der Waals surface area contributed by atoms with Gasteiger partial charge in [-0.25, -0.2) is 4.99 Å². The van der Waals surface area contributed by atoms with Crippen LogP contribution < -0.4 is 5.73 Å². The predicted molar refractivity (Wildman–Crippen MR) is 50.2 cm³/mol. The van der Waals surface area contributed by atoms with Crippen LogP contribution in [0.4, 0.5) is 0 Å². The van der Waals surface area contributed by atoms with E-state index in [0.717, 1.165) is 12.3 Å². The summed E-state index contributed by atoms with van der Waals surface area (Å²) >= 11 is 0. The molecule has 0 heterocycles. The molecule has 0 radical (unpaired) electrons. The highest BCUT2D eigenvalue weighted by Gasteiger charge is 1.94. The van der Waals surface area contributed by atoms with Gasteiger partial charge in [0.2, 0.25) is 0 Å². The van der Waals surface area contributed by atoms with Crippen molar-refractivity contribution in [1.29, 1.82) is 0 Å². The average molecular weight is 155 g/mol. The van der Waals surface area contributed by atoms with Crippen LogP contribution in [0.5, 0.6) is 0 Å². The molecule has 0 saturated carbocycles. The summed E-state index contributed by atoms with van der Waals surface area (Å²) in [6.45, 7) is 7.84. The van der Waals surface area contributed by atoms with Crippen molar-refractivity contribution >= 4 is 11.7 Å². The third kappa shape index (κ3) is 5.58. The van der Waals surface area contributed by atoms with Crippen molar-refractivity contribution in [2.45, 2.75) is 40.2 Å². The van der Waals surface area contributed by atoms with Crippen LogP contribution in [0.1, 0.15) is 34.1 Å². The molecule has 0 aliphatic heterocycles. The largest absolute Gasteiger partial charge is 0.387 e. The SMILES string of the molecule is CCC(N=C(C)N)=NC(C)C. The zero-order valence-electron chi connectivity index (χ0n) is 7.76. The minimum atomic E-state index is 0.299. The molecule has 0 aliphatic carbocycles. The monoisotopic (exact) mass is 155 g/mol. The fourth-order valence-corrected chi connectivity index (χ4v) is 0.701. The summed E-state index contributed by atoms with van der Waals surface area (Å²) in [6, 6.07) is 0.299. The van der Waals surface area contributed by atoms with Crippen molar-refractivity contribution in [3.8, 4) is 0 Å². The van der Waals surface area contributed by atoms with E-state index in [1.807, 2.05) is 20.8 Å². The Balaban J connectivity index is 4.29. The first-order valence-electron chi connectivity index (χ1n) is 3.93. The fraction of sp³-hybridized carbons (Fsp3) is 0.750. The summed E-state index contributed by atoms with van der Waals surface area (Å²) in [4.78, 5) is 8.36. The minimum Gasteiger partial charge on any atom is -0.387 e. The molecule has 0 aliphatic rings. The normalized spacial score (nSPS) is 14.3. The highest BCUT2D eigenvalue weighted by Crippen LogP contribution is 1.94. The Morgan fingerprint density at radius 1 is 1.45 bits per heavy atom. The Kier molecular flexibility index (Phi) is 4.50. The Morgan fingerprint density at radius 3 is 2.27 bits per heavy atom. The van der Waals surface area contributed by atoms with Crippen LogP contribution in [-0.2, 0) is 0 Å². The van der Waals surface area contributed by atoms with Crippen molar-refractivity contribution in [2.24, 2.45) is 15.7 Å². The molecular weight excluding hydrogens is 138 g/mol. The first-order chi connectivity index (χ1) is 5.06. The van der Waals surface area contributed by atoms with Gasteiger partial charge in [0, 0.05) is 12.5 Å². The molecule has 3 nitrogen and oxygen atoms in total. The lowest BCUT2D eigenvalue weighted by atomic mass is 10.4. The van der Waals surface area contributed by atoms with Crippen molar-refractivity contribution in [1.82, 2.24) is 0 Å². The predicted octanol–water partition coefficient (Wildman–Crippen LogP) is 1.58. The molecule has 64 valence electrons. The molecule has 0 aromatic carbocycles. The minimum absolute atomic E-state index is 0.299. The molecule has 0 spiro atoms. The van der Waals surface area contributed by atoms with Gasteiger partial charge in [0.25, 0.3) is 0 Å². The number of nitrogens with zero attached hydrogens (tertiary/aromatic N) is 2. The van der Waals surface area contributed by atoms with E-state index in [1.165, 1.54) is 0 Å². The zero-order chi connectivity index (χ0) is 8.85. The van der Waals surface area contributed by atoms with E-state index in [1.54, 1.807) is 6.92 Å². The second-order valence-electron chi connectivity index (χ2n) is 2.75. The number of amidine groups is 2. The van der Waals surface area contributed by atoms with Gasteiger partial charge in [-0.3, -0.25) is 4.99 Å². The van der Waals surface area contributed by atoms with Crippen LogP contribution in [0.15, 0.2) is 9.98 Å². The number of hydrogen-bond donors (Lipinski definition) is 1. The Bertz CT molecular complexity index is 164. The molecule has 0 amide bonds. The highest BCUT2D eigenvalue weighted by molar-refractivity contribution is 5.95. The summed E-state index contributed by atoms with van der Waals surface area (Å²) < 4.78 is 0.